The lowest BCUT2D eigenvalue weighted by atomic mass is 10.1. The molecule has 1 unspecified atom stereocenters. The molecule has 3 heteroatoms. The lowest BCUT2D eigenvalue weighted by Crippen LogP contribution is -2.17. The number of benzene rings is 1. The minimum atomic E-state index is 0.155. The molecule has 0 aliphatic heterocycles. The van der Waals surface area contributed by atoms with Gasteiger partial charge in [-0.25, -0.2) is 0 Å². The van der Waals surface area contributed by atoms with Gasteiger partial charge in [0, 0.05) is 6.04 Å². The molecule has 0 aromatic heterocycles. The molecule has 1 aromatic carbocycles. The third-order valence-electron chi connectivity index (χ3n) is 2.97. The molecule has 1 atom stereocenters. The molecule has 1 rings (SSSR count). The van der Waals surface area contributed by atoms with Gasteiger partial charge in [-0.05, 0) is 49.8 Å². The van der Waals surface area contributed by atoms with Crippen molar-refractivity contribution in [3.05, 3.63) is 23.8 Å². The normalized spacial score (nSPS) is 12.5. The predicted octanol–water partition coefficient (Wildman–Crippen LogP) is 3.40. The van der Waals surface area contributed by atoms with Crippen LogP contribution in [0.5, 0.6) is 11.5 Å². The van der Waals surface area contributed by atoms with Gasteiger partial charge in [0.05, 0.1) is 13.7 Å². The predicted molar refractivity (Wildman–Crippen MR) is 79.9 cm³/mol. The first-order chi connectivity index (χ1) is 9.02. The van der Waals surface area contributed by atoms with E-state index < -0.39 is 0 Å². The Hall–Kier alpha value is -1.22. The van der Waals surface area contributed by atoms with Crippen LogP contribution in [-0.4, -0.2) is 19.8 Å². The van der Waals surface area contributed by atoms with Gasteiger partial charge < -0.3 is 15.2 Å². The summed E-state index contributed by atoms with van der Waals surface area (Å²) < 4.78 is 11.2. The van der Waals surface area contributed by atoms with Crippen LogP contribution >= 0.6 is 0 Å². The van der Waals surface area contributed by atoms with Gasteiger partial charge in [0.15, 0.2) is 11.5 Å². The summed E-state index contributed by atoms with van der Waals surface area (Å²) in [4.78, 5) is 0. The molecule has 2 N–H and O–H groups in total. The SMILES string of the molecule is COc1ccc(CC(C)N)cc1OCCCC(C)C. The maximum atomic E-state index is 5.83. The Labute approximate surface area is 117 Å². The largest absolute Gasteiger partial charge is 0.493 e. The van der Waals surface area contributed by atoms with E-state index in [9.17, 15) is 0 Å². The van der Waals surface area contributed by atoms with Gasteiger partial charge in [-0.15, -0.1) is 0 Å². The van der Waals surface area contributed by atoms with Crippen molar-refractivity contribution in [2.75, 3.05) is 13.7 Å². The van der Waals surface area contributed by atoms with Crippen molar-refractivity contribution >= 4 is 0 Å². The Balaban J connectivity index is 2.62. The first-order valence-electron chi connectivity index (χ1n) is 7.08. The van der Waals surface area contributed by atoms with Crippen LogP contribution in [0.15, 0.2) is 18.2 Å². The Morgan fingerprint density at radius 3 is 2.47 bits per heavy atom. The van der Waals surface area contributed by atoms with E-state index in [1.165, 1.54) is 12.0 Å². The third-order valence-corrected chi connectivity index (χ3v) is 2.97. The number of rotatable bonds is 8. The van der Waals surface area contributed by atoms with Gasteiger partial charge in [-0.3, -0.25) is 0 Å². The zero-order valence-electron chi connectivity index (χ0n) is 12.6. The molecule has 3 nitrogen and oxygen atoms in total. The Kier molecular flexibility index (Phi) is 6.71. The lowest BCUT2D eigenvalue weighted by Gasteiger charge is -2.13. The molecule has 0 radical (unpaired) electrons. The fraction of sp³-hybridized carbons (Fsp3) is 0.625. The van der Waals surface area contributed by atoms with Gasteiger partial charge in [0.1, 0.15) is 0 Å². The number of nitrogens with two attached hydrogens (primary N) is 1. The van der Waals surface area contributed by atoms with Crippen LogP contribution in [0, 0.1) is 5.92 Å². The minimum Gasteiger partial charge on any atom is -0.493 e. The molecule has 0 aliphatic rings. The van der Waals surface area contributed by atoms with Crippen LogP contribution in [0.25, 0.3) is 0 Å². The second-order valence-corrected chi connectivity index (χ2v) is 5.55. The van der Waals surface area contributed by atoms with E-state index in [-0.39, 0.29) is 6.04 Å². The van der Waals surface area contributed by atoms with Crippen LogP contribution in [-0.2, 0) is 6.42 Å². The average molecular weight is 265 g/mol. The number of hydrogen-bond donors (Lipinski definition) is 1. The van der Waals surface area contributed by atoms with Gasteiger partial charge in [0.25, 0.3) is 0 Å². The van der Waals surface area contributed by atoms with E-state index in [0.29, 0.717) is 0 Å². The Morgan fingerprint density at radius 1 is 1.16 bits per heavy atom. The van der Waals surface area contributed by atoms with Crippen LogP contribution in [0.4, 0.5) is 0 Å². The molecule has 0 saturated heterocycles. The molecule has 108 valence electrons. The monoisotopic (exact) mass is 265 g/mol. The quantitative estimate of drug-likeness (QED) is 0.733. The summed E-state index contributed by atoms with van der Waals surface area (Å²) in [6.07, 6.45) is 3.10. The van der Waals surface area contributed by atoms with Crippen molar-refractivity contribution in [1.82, 2.24) is 0 Å². The Morgan fingerprint density at radius 2 is 1.89 bits per heavy atom. The van der Waals surface area contributed by atoms with E-state index in [1.54, 1.807) is 7.11 Å². The van der Waals surface area contributed by atoms with Crippen molar-refractivity contribution in [3.8, 4) is 11.5 Å². The number of methoxy groups -OCH3 is 1. The summed E-state index contributed by atoms with van der Waals surface area (Å²) >= 11 is 0. The Bertz CT molecular complexity index is 375. The molecule has 0 heterocycles. The molecule has 0 spiro atoms. The smallest absolute Gasteiger partial charge is 0.161 e. The molecule has 0 amide bonds. The van der Waals surface area contributed by atoms with E-state index in [4.69, 9.17) is 15.2 Å². The fourth-order valence-electron chi connectivity index (χ4n) is 2.01. The highest BCUT2D eigenvalue weighted by Crippen LogP contribution is 2.28. The van der Waals surface area contributed by atoms with Crippen molar-refractivity contribution in [2.45, 2.75) is 46.1 Å². The molecule has 0 fully saturated rings. The van der Waals surface area contributed by atoms with Crippen molar-refractivity contribution in [2.24, 2.45) is 11.7 Å². The number of ether oxygens (including phenoxy) is 2. The summed E-state index contributed by atoms with van der Waals surface area (Å²) in [5.41, 5.74) is 7.02. The summed E-state index contributed by atoms with van der Waals surface area (Å²) in [7, 11) is 1.67. The summed E-state index contributed by atoms with van der Waals surface area (Å²) in [6.45, 7) is 7.19. The van der Waals surface area contributed by atoms with Gasteiger partial charge in [0.2, 0.25) is 0 Å². The van der Waals surface area contributed by atoms with Gasteiger partial charge in [-0.2, -0.15) is 0 Å². The second kappa shape index (κ2) is 8.05. The molecule has 19 heavy (non-hydrogen) atoms. The first kappa shape index (κ1) is 15.8. The van der Waals surface area contributed by atoms with Gasteiger partial charge >= 0.3 is 0 Å². The average Bonchev–Trinajstić information content (AvgIpc) is 2.34. The fourth-order valence-corrected chi connectivity index (χ4v) is 2.01. The molecule has 1 aromatic rings. The van der Waals surface area contributed by atoms with E-state index in [2.05, 4.69) is 13.8 Å². The third kappa shape index (κ3) is 5.97. The van der Waals surface area contributed by atoms with Crippen molar-refractivity contribution in [3.63, 3.8) is 0 Å². The van der Waals surface area contributed by atoms with E-state index in [1.807, 2.05) is 25.1 Å². The lowest BCUT2D eigenvalue weighted by molar-refractivity contribution is 0.279. The molecule has 0 bridgehead atoms. The molecule has 0 aliphatic carbocycles. The highest BCUT2D eigenvalue weighted by atomic mass is 16.5. The van der Waals surface area contributed by atoms with E-state index in [0.717, 1.165) is 36.9 Å². The first-order valence-corrected chi connectivity index (χ1v) is 7.08. The standard InChI is InChI=1S/C16H27NO2/c1-12(2)6-5-9-19-16-11-14(10-13(3)17)7-8-15(16)18-4/h7-8,11-13H,5-6,9-10,17H2,1-4H3. The molecule has 0 saturated carbocycles. The van der Waals surface area contributed by atoms with Crippen LogP contribution in [0.2, 0.25) is 0 Å². The second-order valence-electron chi connectivity index (χ2n) is 5.55. The summed E-state index contributed by atoms with van der Waals surface area (Å²) in [5, 5.41) is 0. The van der Waals surface area contributed by atoms with E-state index >= 15 is 0 Å². The summed E-state index contributed by atoms with van der Waals surface area (Å²) in [5.74, 6) is 2.33. The van der Waals surface area contributed by atoms with Crippen molar-refractivity contribution in [1.29, 1.82) is 0 Å². The van der Waals surface area contributed by atoms with Crippen LogP contribution in [0.1, 0.15) is 39.2 Å². The highest BCUT2D eigenvalue weighted by Gasteiger charge is 2.07. The number of hydrogen-bond acceptors (Lipinski definition) is 3. The maximum absolute atomic E-state index is 5.83. The van der Waals surface area contributed by atoms with Crippen LogP contribution < -0.4 is 15.2 Å². The topological polar surface area (TPSA) is 44.5 Å². The molecular weight excluding hydrogens is 238 g/mol. The highest BCUT2D eigenvalue weighted by molar-refractivity contribution is 5.43. The minimum absolute atomic E-state index is 0.155. The molecular formula is C16H27NO2. The maximum Gasteiger partial charge on any atom is 0.161 e. The summed E-state index contributed by atoms with van der Waals surface area (Å²) in [6, 6.07) is 6.19. The zero-order valence-corrected chi connectivity index (χ0v) is 12.6. The van der Waals surface area contributed by atoms with Gasteiger partial charge in [-0.1, -0.05) is 19.9 Å². The van der Waals surface area contributed by atoms with Crippen LogP contribution in [0.3, 0.4) is 0 Å². The van der Waals surface area contributed by atoms with Crippen molar-refractivity contribution < 1.29 is 9.47 Å². The zero-order chi connectivity index (χ0) is 14.3.